The Hall–Kier alpha value is -1.49. The Morgan fingerprint density at radius 2 is 1.68 bits per heavy atom. The van der Waals surface area contributed by atoms with Gasteiger partial charge in [-0.3, -0.25) is 0 Å². The summed E-state index contributed by atoms with van der Waals surface area (Å²) in [5.74, 6) is 0. The molecule has 0 aliphatic rings. The number of nitrogens with two attached hydrogens (primary N) is 2. The third-order valence-corrected chi connectivity index (χ3v) is 3.67. The molecule has 3 rings (SSSR count). The molecule has 0 radical (unpaired) electrons. The number of para-hydroxylation sites is 1. The number of benzene rings is 2. The molecule has 0 atom stereocenters. The lowest BCUT2D eigenvalue weighted by Crippen LogP contribution is -1.92. The fourth-order valence-corrected chi connectivity index (χ4v) is 2.75. The molecule has 0 aliphatic heterocycles. The minimum absolute atomic E-state index is 0. The van der Waals surface area contributed by atoms with Crippen LogP contribution in [-0.2, 0) is 0 Å². The topological polar surface area (TPSA) is 64.9 Å². The van der Waals surface area contributed by atoms with Crippen LogP contribution in [0.5, 0.6) is 0 Å². The normalized spacial score (nSPS) is 9.68. The van der Waals surface area contributed by atoms with Crippen molar-refractivity contribution in [3.8, 4) is 10.6 Å². The lowest BCUT2D eigenvalue weighted by atomic mass is 10.1. The smallest absolute Gasteiger partial charge is 0.126 e. The maximum Gasteiger partial charge on any atom is 0.126 e. The number of rotatable bonds is 1. The van der Waals surface area contributed by atoms with E-state index in [0.717, 1.165) is 20.8 Å². The molecule has 3 aromatic rings. The maximum atomic E-state index is 5.95. The molecule has 0 spiro atoms. The van der Waals surface area contributed by atoms with E-state index >= 15 is 0 Å². The zero-order valence-corrected chi connectivity index (χ0v) is 12.3. The molecule has 0 unspecified atom stereocenters. The lowest BCUT2D eigenvalue weighted by Gasteiger charge is -2.02. The number of anilines is 2. The van der Waals surface area contributed by atoms with Crippen LogP contribution >= 0.6 is 36.2 Å². The van der Waals surface area contributed by atoms with Crippen molar-refractivity contribution in [1.82, 2.24) is 4.98 Å². The molecule has 0 saturated carbocycles. The van der Waals surface area contributed by atoms with Gasteiger partial charge in [0, 0.05) is 16.9 Å². The van der Waals surface area contributed by atoms with Gasteiger partial charge in [-0.1, -0.05) is 12.1 Å². The Morgan fingerprint density at radius 1 is 0.947 bits per heavy atom. The molecule has 1 aromatic heterocycles. The molecule has 0 amide bonds. The molecule has 2 aromatic carbocycles. The molecule has 0 bridgehead atoms. The number of nitrogens with zero attached hydrogens (tertiary/aromatic N) is 1. The Kier molecular flexibility index (Phi) is 5.00. The van der Waals surface area contributed by atoms with E-state index in [-0.39, 0.29) is 24.8 Å². The van der Waals surface area contributed by atoms with Crippen molar-refractivity contribution >= 4 is 57.7 Å². The predicted octanol–water partition coefficient (Wildman–Crippen LogP) is 3.97. The first-order valence-corrected chi connectivity index (χ1v) is 6.06. The van der Waals surface area contributed by atoms with E-state index in [1.54, 1.807) is 17.4 Å². The van der Waals surface area contributed by atoms with Gasteiger partial charge in [0.1, 0.15) is 5.01 Å². The molecule has 100 valence electrons. The zero-order chi connectivity index (χ0) is 11.8. The first-order valence-electron chi connectivity index (χ1n) is 5.25. The van der Waals surface area contributed by atoms with Crippen LogP contribution in [0.2, 0.25) is 0 Å². The number of fused-ring (bicyclic) bond motifs is 1. The van der Waals surface area contributed by atoms with Gasteiger partial charge < -0.3 is 11.5 Å². The summed E-state index contributed by atoms with van der Waals surface area (Å²) < 4.78 is 1.16. The van der Waals surface area contributed by atoms with Gasteiger partial charge >= 0.3 is 0 Å². The van der Waals surface area contributed by atoms with Crippen molar-refractivity contribution in [1.29, 1.82) is 0 Å². The summed E-state index contributed by atoms with van der Waals surface area (Å²) >= 11 is 1.63. The van der Waals surface area contributed by atoms with Crippen LogP contribution in [0.3, 0.4) is 0 Å². The summed E-state index contributed by atoms with van der Waals surface area (Å²) in [7, 11) is 0. The highest BCUT2D eigenvalue weighted by Gasteiger charge is 2.09. The van der Waals surface area contributed by atoms with Crippen molar-refractivity contribution in [2.75, 3.05) is 11.5 Å². The van der Waals surface area contributed by atoms with Crippen LogP contribution < -0.4 is 11.5 Å². The fourth-order valence-electron chi connectivity index (χ4n) is 1.75. The average molecular weight is 314 g/mol. The van der Waals surface area contributed by atoms with E-state index in [1.807, 2.05) is 30.3 Å². The van der Waals surface area contributed by atoms with Crippen LogP contribution in [0.1, 0.15) is 0 Å². The Bertz CT molecular complexity index is 664. The van der Waals surface area contributed by atoms with Gasteiger partial charge in [0.25, 0.3) is 0 Å². The number of halogens is 2. The second-order valence-corrected chi connectivity index (χ2v) is 4.86. The first-order chi connectivity index (χ1) is 8.24. The third kappa shape index (κ3) is 2.92. The summed E-state index contributed by atoms with van der Waals surface area (Å²) in [4.78, 5) is 4.57. The van der Waals surface area contributed by atoms with Crippen LogP contribution in [0.4, 0.5) is 11.4 Å². The minimum Gasteiger partial charge on any atom is -0.399 e. The highest BCUT2D eigenvalue weighted by Crippen LogP contribution is 2.34. The monoisotopic (exact) mass is 313 g/mol. The number of nitrogen functional groups attached to an aromatic ring is 2. The summed E-state index contributed by atoms with van der Waals surface area (Å²) in [6.07, 6.45) is 0. The van der Waals surface area contributed by atoms with Gasteiger partial charge in [0.15, 0.2) is 0 Å². The number of aromatic nitrogens is 1. The Balaban J connectivity index is 0.000000902. The largest absolute Gasteiger partial charge is 0.399 e. The first kappa shape index (κ1) is 15.6. The van der Waals surface area contributed by atoms with E-state index in [1.165, 1.54) is 0 Å². The highest BCUT2D eigenvalue weighted by atomic mass is 35.5. The fraction of sp³-hybridized carbons (Fsp3) is 0. The van der Waals surface area contributed by atoms with Crippen molar-refractivity contribution in [2.24, 2.45) is 0 Å². The second-order valence-electron chi connectivity index (χ2n) is 3.83. The van der Waals surface area contributed by atoms with E-state index < -0.39 is 0 Å². The van der Waals surface area contributed by atoms with Crippen molar-refractivity contribution < 1.29 is 0 Å². The zero-order valence-electron chi connectivity index (χ0n) is 9.87. The van der Waals surface area contributed by atoms with Crippen molar-refractivity contribution in [3.63, 3.8) is 0 Å². The van der Waals surface area contributed by atoms with Gasteiger partial charge in [-0.15, -0.1) is 36.2 Å². The molecular weight excluding hydrogens is 301 g/mol. The molecule has 19 heavy (non-hydrogen) atoms. The van der Waals surface area contributed by atoms with E-state index in [2.05, 4.69) is 11.1 Å². The minimum atomic E-state index is 0. The summed E-state index contributed by atoms with van der Waals surface area (Å²) in [5.41, 5.74) is 15.0. The molecule has 0 saturated heterocycles. The van der Waals surface area contributed by atoms with Gasteiger partial charge in [-0.2, -0.15) is 0 Å². The molecule has 0 aliphatic carbocycles. The quantitative estimate of drug-likeness (QED) is 0.668. The predicted molar refractivity (Wildman–Crippen MR) is 88.4 cm³/mol. The SMILES string of the molecule is Cl.Cl.Nc1ccc(N)c(-c2nc3ccccc3s2)c1. The second kappa shape index (κ2) is 6.10. The van der Waals surface area contributed by atoms with E-state index in [4.69, 9.17) is 11.5 Å². The van der Waals surface area contributed by atoms with Gasteiger partial charge in [-0.25, -0.2) is 4.98 Å². The van der Waals surface area contributed by atoms with Gasteiger partial charge in [-0.05, 0) is 30.3 Å². The number of hydrogen-bond acceptors (Lipinski definition) is 4. The van der Waals surface area contributed by atoms with Crippen LogP contribution in [0.25, 0.3) is 20.8 Å². The molecule has 0 fully saturated rings. The molecule has 1 heterocycles. The number of thiazole rings is 1. The molecular formula is C13H13Cl2N3S. The average Bonchev–Trinajstić information content (AvgIpc) is 2.75. The van der Waals surface area contributed by atoms with Crippen LogP contribution in [0.15, 0.2) is 42.5 Å². The summed E-state index contributed by atoms with van der Waals surface area (Å²) in [6, 6.07) is 13.5. The molecule has 6 heteroatoms. The van der Waals surface area contributed by atoms with E-state index in [9.17, 15) is 0 Å². The highest BCUT2D eigenvalue weighted by molar-refractivity contribution is 7.21. The van der Waals surface area contributed by atoms with Crippen LogP contribution in [-0.4, -0.2) is 4.98 Å². The Labute approximate surface area is 127 Å². The maximum absolute atomic E-state index is 5.95. The van der Waals surface area contributed by atoms with Crippen molar-refractivity contribution in [2.45, 2.75) is 0 Å². The molecule has 4 N–H and O–H groups in total. The summed E-state index contributed by atoms with van der Waals surface area (Å²) in [5, 5.41) is 0.913. The standard InChI is InChI=1S/C13H11N3S.2ClH/c14-8-5-6-10(15)9(7-8)13-16-11-3-1-2-4-12(11)17-13;;/h1-7H,14-15H2;2*1H. The van der Waals surface area contributed by atoms with Crippen LogP contribution in [0, 0.1) is 0 Å². The lowest BCUT2D eigenvalue weighted by molar-refractivity contribution is 1.48. The third-order valence-electron chi connectivity index (χ3n) is 2.60. The molecule has 3 nitrogen and oxygen atoms in total. The van der Waals surface area contributed by atoms with E-state index in [0.29, 0.717) is 11.4 Å². The number of hydrogen-bond donors (Lipinski definition) is 2. The van der Waals surface area contributed by atoms with Crippen molar-refractivity contribution in [3.05, 3.63) is 42.5 Å². The van der Waals surface area contributed by atoms with Gasteiger partial charge in [0.05, 0.1) is 10.2 Å². The van der Waals surface area contributed by atoms with Gasteiger partial charge in [0.2, 0.25) is 0 Å². The Morgan fingerprint density at radius 3 is 2.42 bits per heavy atom. The summed E-state index contributed by atoms with van der Waals surface area (Å²) in [6.45, 7) is 0.